The minimum Gasteiger partial charge on any atom is -0.278 e. The molecule has 4 aromatic rings. The predicted octanol–water partition coefficient (Wildman–Crippen LogP) is 5.24. The van der Waals surface area contributed by atoms with Crippen LogP contribution < -0.4 is 4.90 Å². The van der Waals surface area contributed by atoms with Crippen molar-refractivity contribution in [1.29, 1.82) is 0 Å². The zero-order valence-electron chi connectivity index (χ0n) is 19.5. The van der Waals surface area contributed by atoms with E-state index < -0.39 is 15.8 Å². The van der Waals surface area contributed by atoms with Gasteiger partial charge in [0.1, 0.15) is 11.3 Å². The normalized spacial score (nSPS) is 15.0. The first kappa shape index (κ1) is 24.5. The molecule has 0 radical (unpaired) electrons. The Kier molecular flexibility index (Phi) is 7.08. The van der Waals surface area contributed by atoms with E-state index in [9.17, 15) is 17.6 Å². The maximum Gasteiger partial charge on any atom is 0.260 e. The first-order chi connectivity index (χ1) is 17.4. The van der Waals surface area contributed by atoms with E-state index in [1.165, 1.54) is 50.9 Å². The Morgan fingerprint density at radius 1 is 0.972 bits per heavy atom. The lowest BCUT2D eigenvalue weighted by atomic mass is 10.2. The fourth-order valence-electron chi connectivity index (χ4n) is 4.26. The summed E-state index contributed by atoms with van der Waals surface area (Å²) in [5.41, 5.74) is 1.15. The Morgan fingerprint density at radius 3 is 2.39 bits per heavy atom. The molecule has 1 saturated heterocycles. The number of aromatic nitrogens is 2. The lowest BCUT2D eigenvalue weighted by molar-refractivity contribution is 0.0984. The van der Waals surface area contributed by atoms with Gasteiger partial charge in [0.05, 0.1) is 21.8 Å². The fraction of sp³-hybridized carbons (Fsp3) is 0.269. The fourth-order valence-corrected chi connectivity index (χ4v) is 6.75. The Balaban J connectivity index is 1.46. The predicted molar refractivity (Wildman–Crippen MR) is 138 cm³/mol. The Hall–Kier alpha value is -3.21. The number of anilines is 1. The van der Waals surface area contributed by atoms with Gasteiger partial charge in [-0.2, -0.15) is 4.31 Å². The number of hydrogen-bond donors (Lipinski definition) is 0. The zero-order chi connectivity index (χ0) is 25.1. The average Bonchev–Trinajstić information content (AvgIpc) is 3.14. The number of benzene rings is 2. The number of amides is 1. The van der Waals surface area contributed by atoms with Gasteiger partial charge in [-0.1, -0.05) is 36.3 Å². The molecule has 0 saturated carbocycles. The maximum absolute atomic E-state index is 14.3. The van der Waals surface area contributed by atoms with Gasteiger partial charge in [0.2, 0.25) is 10.0 Å². The third-order valence-electron chi connectivity index (χ3n) is 6.18. The summed E-state index contributed by atoms with van der Waals surface area (Å²) in [7, 11) is -3.62. The van der Waals surface area contributed by atoms with Crippen molar-refractivity contribution in [1.82, 2.24) is 14.3 Å². The number of hydrogen-bond acceptors (Lipinski definition) is 6. The first-order valence-electron chi connectivity index (χ1n) is 11.8. The number of nitrogens with zero attached hydrogens (tertiary/aromatic N) is 4. The summed E-state index contributed by atoms with van der Waals surface area (Å²) in [5.74, 6) is -0.831. The van der Waals surface area contributed by atoms with Crippen LogP contribution in [0.4, 0.5) is 9.52 Å². The molecule has 5 rings (SSSR count). The number of thiazole rings is 1. The van der Waals surface area contributed by atoms with E-state index >= 15 is 0 Å². The molecule has 10 heteroatoms. The van der Waals surface area contributed by atoms with Crippen molar-refractivity contribution in [2.45, 2.75) is 37.1 Å². The number of carbonyl (C=O) groups excluding carboxylic acids is 1. The molecule has 0 aliphatic carbocycles. The van der Waals surface area contributed by atoms with Crippen molar-refractivity contribution in [3.05, 3.63) is 83.9 Å². The summed E-state index contributed by atoms with van der Waals surface area (Å²) < 4.78 is 42.7. The van der Waals surface area contributed by atoms with Crippen molar-refractivity contribution in [3.8, 4) is 0 Å². The molecule has 2 aromatic heterocycles. The van der Waals surface area contributed by atoms with Crippen LogP contribution in [-0.2, 0) is 16.6 Å². The van der Waals surface area contributed by atoms with Gasteiger partial charge in [-0.25, -0.2) is 17.8 Å². The van der Waals surface area contributed by atoms with E-state index in [1.54, 1.807) is 30.5 Å². The van der Waals surface area contributed by atoms with Crippen LogP contribution in [-0.4, -0.2) is 41.7 Å². The Morgan fingerprint density at radius 2 is 1.72 bits per heavy atom. The smallest absolute Gasteiger partial charge is 0.260 e. The van der Waals surface area contributed by atoms with Crippen LogP contribution in [0.3, 0.4) is 0 Å². The highest BCUT2D eigenvalue weighted by Crippen LogP contribution is 2.32. The number of sulfonamides is 1. The van der Waals surface area contributed by atoms with Crippen LogP contribution in [0.2, 0.25) is 0 Å². The van der Waals surface area contributed by atoms with E-state index in [0.717, 1.165) is 25.7 Å². The minimum atomic E-state index is -3.62. The molecule has 0 atom stereocenters. The highest BCUT2D eigenvalue weighted by atomic mass is 32.2. The zero-order valence-corrected chi connectivity index (χ0v) is 21.1. The summed E-state index contributed by atoms with van der Waals surface area (Å²) in [4.78, 5) is 24.0. The minimum absolute atomic E-state index is 0.134. The third-order valence-corrected chi connectivity index (χ3v) is 9.14. The molecule has 7 nitrogen and oxygen atoms in total. The molecule has 0 N–H and O–H groups in total. The molecule has 1 fully saturated rings. The van der Waals surface area contributed by atoms with Gasteiger partial charge in [-0.15, -0.1) is 0 Å². The standard InChI is InChI=1S/C26H25FN4O3S2/c27-22-9-7-10-23-24(22)29-26(35-23)31(18-20-8-3-4-15-28-20)25(32)19-11-13-21(14-12-19)36(33,34)30-16-5-1-2-6-17-30/h3-4,7-15H,1-2,5-6,16-18H2. The molecule has 2 aromatic carbocycles. The van der Waals surface area contributed by atoms with Gasteiger partial charge in [0.15, 0.2) is 5.13 Å². The molecule has 0 unspecified atom stereocenters. The van der Waals surface area contributed by atoms with Crippen molar-refractivity contribution in [2.75, 3.05) is 18.0 Å². The van der Waals surface area contributed by atoms with Crippen molar-refractivity contribution in [2.24, 2.45) is 0 Å². The molecular weight excluding hydrogens is 499 g/mol. The molecule has 0 bridgehead atoms. The summed E-state index contributed by atoms with van der Waals surface area (Å²) in [6.45, 7) is 1.15. The second kappa shape index (κ2) is 10.4. The molecule has 0 spiro atoms. The van der Waals surface area contributed by atoms with E-state index in [-0.39, 0.29) is 22.9 Å². The second-order valence-corrected chi connectivity index (χ2v) is 11.6. The van der Waals surface area contributed by atoms with E-state index in [1.807, 2.05) is 6.07 Å². The van der Waals surface area contributed by atoms with Crippen LogP contribution >= 0.6 is 11.3 Å². The second-order valence-electron chi connectivity index (χ2n) is 8.64. The number of fused-ring (bicyclic) bond motifs is 1. The molecule has 186 valence electrons. The monoisotopic (exact) mass is 524 g/mol. The number of pyridine rings is 1. The molecule has 1 amide bonds. The maximum atomic E-state index is 14.3. The van der Waals surface area contributed by atoms with Crippen LogP contribution in [0.15, 0.2) is 71.8 Å². The third kappa shape index (κ3) is 5.02. The number of para-hydroxylation sites is 1. The molecule has 1 aliphatic heterocycles. The first-order valence-corrected chi connectivity index (χ1v) is 14.1. The lowest BCUT2D eigenvalue weighted by Crippen LogP contribution is -2.32. The van der Waals surface area contributed by atoms with Crippen molar-refractivity contribution >= 4 is 42.6 Å². The highest BCUT2D eigenvalue weighted by Gasteiger charge is 2.27. The highest BCUT2D eigenvalue weighted by molar-refractivity contribution is 7.89. The topological polar surface area (TPSA) is 83.5 Å². The van der Waals surface area contributed by atoms with Gasteiger partial charge >= 0.3 is 0 Å². The summed E-state index contributed by atoms with van der Waals surface area (Å²) in [6.07, 6.45) is 5.39. The van der Waals surface area contributed by atoms with Crippen LogP contribution in [0.25, 0.3) is 10.2 Å². The van der Waals surface area contributed by atoms with E-state index in [4.69, 9.17) is 0 Å². The van der Waals surface area contributed by atoms with Gasteiger partial charge < -0.3 is 0 Å². The van der Waals surface area contributed by atoms with Crippen molar-refractivity contribution < 1.29 is 17.6 Å². The quantitative estimate of drug-likeness (QED) is 0.344. The SMILES string of the molecule is O=C(c1ccc(S(=O)(=O)N2CCCCCC2)cc1)N(Cc1ccccn1)c1nc2c(F)cccc2s1. The molecule has 1 aliphatic rings. The van der Waals surface area contributed by atoms with Gasteiger partial charge in [0.25, 0.3) is 5.91 Å². The van der Waals surface area contributed by atoms with Crippen LogP contribution in [0.5, 0.6) is 0 Å². The van der Waals surface area contributed by atoms with Crippen LogP contribution in [0.1, 0.15) is 41.7 Å². The average molecular weight is 525 g/mol. The summed E-state index contributed by atoms with van der Waals surface area (Å²) in [5, 5.41) is 0.340. The number of rotatable bonds is 6. The van der Waals surface area contributed by atoms with Gasteiger partial charge in [-0.3, -0.25) is 14.7 Å². The largest absolute Gasteiger partial charge is 0.278 e. The Labute approximate surface area is 213 Å². The summed E-state index contributed by atoms with van der Waals surface area (Å²) in [6, 6.07) is 16.1. The van der Waals surface area contributed by atoms with E-state index in [0.29, 0.717) is 34.2 Å². The number of carbonyl (C=O) groups is 1. The molecule has 36 heavy (non-hydrogen) atoms. The molecule has 3 heterocycles. The Bertz CT molecular complexity index is 1470. The lowest BCUT2D eigenvalue weighted by Gasteiger charge is -2.21. The van der Waals surface area contributed by atoms with Crippen LogP contribution in [0, 0.1) is 5.82 Å². The van der Waals surface area contributed by atoms with Gasteiger partial charge in [0, 0.05) is 24.8 Å². The molecular formula is C26H25FN4O3S2. The van der Waals surface area contributed by atoms with Crippen molar-refractivity contribution in [3.63, 3.8) is 0 Å². The van der Waals surface area contributed by atoms with E-state index in [2.05, 4.69) is 9.97 Å². The summed E-state index contributed by atoms with van der Waals surface area (Å²) >= 11 is 1.21. The number of halogens is 1. The van der Waals surface area contributed by atoms with Gasteiger partial charge in [-0.05, 0) is 61.4 Å².